The molecule has 2 bridgehead atoms. The Labute approximate surface area is 178 Å². The SMILES string of the molecule is CC(=O)N1C[C@H]2C[C@@H](C1)[C@H](C(=O)N(C)Cc1nncn1C)n1c2cccc1=O.O=CO. The van der Waals surface area contributed by atoms with Crippen LogP contribution >= 0.6 is 0 Å². The van der Waals surface area contributed by atoms with E-state index >= 15 is 0 Å². The second kappa shape index (κ2) is 9.11. The molecule has 0 unspecified atom stereocenters. The number of likely N-dealkylation sites (tertiary alicyclic amines) is 1. The summed E-state index contributed by atoms with van der Waals surface area (Å²) in [6, 6.07) is 4.50. The Hall–Kier alpha value is -3.50. The molecule has 3 atom stereocenters. The van der Waals surface area contributed by atoms with Gasteiger partial charge in [-0.2, -0.15) is 0 Å². The normalized spacial score (nSPS) is 21.4. The molecule has 1 N–H and O–H groups in total. The second-order valence-corrected chi connectivity index (χ2v) is 7.88. The number of carbonyl (C=O) groups excluding carboxylic acids is 2. The van der Waals surface area contributed by atoms with Crippen molar-refractivity contribution in [3.05, 3.63) is 46.4 Å². The number of likely N-dealkylation sites (N-methyl/N-ethyl adjacent to an activating group) is 1. The molecule has 0 aromatic carbocycles. The van der Waals surface area contributed by atoms with Crippen molar-refractivity contribution in [1.82, 2.24) is 29.1 Å². The lowest BCUT2D eigenvalue weighted by atomic mass is 9.78. The van der Waals surface area contributed by atoms with Crippen LogP contribution in [0.25, 0.3) is 0 Å². The molecule has 4 heterocycles. The average Bonchev–Trinajstić information content (AvgIpc) is 3.13. The Balaban J connectivity index is 0.000000858. The highest BCUT2D eigenvalue weighted by atomic mass is 16.3. The zero-order chi connectivity index (χ0) is 22.7. The molecular formula is C20H26N6O5. The van der Waals surface area contributed by atoms with Gasteiger partial charge in [0.25, 0.3) is 12.0 Å². The summed E-state index contributed by atoms with van der Waals surface area (Å²) in [5, 5.41) is 14.8. The number of aryl methyl sites for hydroxylation is 1. The van der Waals surface area contributed by atoms with E-state index in [-0.39, 0.29) is 35.7 Å². The number of carbonyl (C=O) groups is 3. The third-order valence-corrected chi connectivity index (χ3v) is 5.91. The fourth-order valence-electron chi connectivity index (χ4n) is 4.47. The van der Waals surface area contributed by atoms with Crippen molar-refractivity contribution in [2.24, 2.45) is 13.0 Å². The summed E-state index contributed by atoms with van der Waals surface area (Å²) in [6.45, 7) is 2.68. The van der Waals surface area contributed by atoms with Crippen molar-refractivity contribution >= 4 is 18.3 Å². The van der Waals surface area contributed by atoms with Gasteiger partial charge in [0.15, 0.2) is 5.82 Å². The Bertz CT molecular complexity index is 1030. The van der Waals surface area contributed by atoms with E-state index < -0.39 is 6.04 Å². The van der Waals surface area contributed by atoms with Crippen molar-refractivity contribution < 1.29 is 19.5 Å². The van der Waals surface area contributed by atoms with Gasteiger partial charge in [-0.15, -0.1) is 10.2 Å². The molecule has 2 aromatic heterocycles. The lowest BCUT2D eigenvalue weighted by Gasteiger charge is -2.46. The Morgan fingerprint density at radius 1 is 1.32 bits per heavy atom. The van der Waals surface area contributed by atoms with Gasteiger partial charge >= 0.3 is 0 Å². The number of fused-ring (bicyclic) bond motifs is 4. The third-order valence-electron chi connectivity index (χ3n) is 5.91. The van der Waals surface area contributed by atoms with E-state index in [1.807, 2.05) is 13.1 Å². The van der Waals surface area contributed by atoms with Crippen LogP contribution in [0.5, 0.6) is 0 Å². The molecule has 2 aliphatic rings. The van der Waals surface area contributed by atoms with Crippen molar-refractivity contribution in [3.63, 3.8) is 0 Å². The van der Waals surface area contributed by atoms with E-state index in [0.29, 0.717) is 25.5 Å². The molecule has 31 heavy (non-hydrogen) atoms. The van der Waals surface area contributed by atoms with Crippen LogP contribution in [0.4, 0.5) is 0 Å². The van der Waals surface area contributed by atoms with Gasteiger partial charge in [-0.25, -0.2) is 0 Å². The van der Waals surface area contributed by atoms with Gasteiger partial charge in [-0.3, -0.25) is 23.7 Å². The molecule has 2 aliphatic heterocycles. The maximum atomic E-state index is 13.4. The van der Waals surface area contributed by atoms with Gasteiger partial charge < -0.3 is 19.5 Å². The number of piperidine rings is 1. The Kier molecular flexibility index (Phi) is 6.52. The number of amides is 2. The summed E-state index contributed by atoms with van der Waals surface area (Å²) < 4.78 is 3.41. The fraction of sp³-hybridized carbons (Fsp3) is 0.500. The third kappa shape index (κ3) is 4.35. The zero-order valence-electron chi connectivity index (χ0n) is 17.7. The van der Waals surface area contributed by atoms with Crippen LogP contribution in [0.1, 0.15) is 36.8 Å². The van der Waals surface area contributed by atoms with Crippen LogP contribution in [0.15, 0.2) is 29.3 Å². The maximum absolute atomic E-state index is 13.4. The highest BCUT2D eigenvalue weighted by Crippen LogP contribution is 2.41. The van der Waals surface area contributed by atoms with Gasteiger partial charge in [0, 0.05) is 57.7 Å². The number of hydrogen-bond acceptors (Lipinski definition) is 6. The number of nitrogens with zero attached hydrogens (tertiary/aromatic N) is 6. The molecule has 166 valence electrons. The quantitative estimate of drug-likeness (QED) is 0.670. The fourth-order valence-corrected chi connectivity index (χ4v) is 4.47. The smallest absolute Gasteiger partial charge is 0.290 e. The first-order chi connectivity index (χ1) is 14.8. The van der Waals surface area contributed by atoms with Crippen molar-refractivity contribution in [1.29, 1.82) is 0 Å². The molecule has 11 heteroatoms. The van der Waals surface area contributed by atoms with Gasteiger partial charge in [0.05, 0.1) is 6.54 Å². The largest absolute Gasteiger partial charge is 0.483 e. The van der Waals surface area contributed by atoms with Crippen molar-refractivity contribution in [2.75, 3.05) is 20.1 Å². The molecule has 2 aromatic rings. The lowest BCUT2D eigenvalue weighted by molar-refractivity contribution is -0.141. The van der Waals surface area contributed by atoms with E-state index in [4.69, 9.17) is 9.90 Å². The monoisotopic (exact) mass is 430 g/mol. The van der Waals surface area contributed by atoms with Gasteiger partial charge in [0.2, 0.25) is 11.8 Å². The van der Waals surface area contributed by atoms with Crippen LogP contribution in [0.3, 0.4) is 0 Å². The topological polar surface area (TPSA) is 131 Å². The number of pyridine rings is 1. The van der Waals surface area contributed by atoms with Crippen molar-refractivity contribution in [2.45, 2.75) is 31.8 Å². The van der Waals surface area contributed by atoms with Gasteiger partial charge in [-0.1, -0.05) is 6.07 Å². The average molecular weight is 430 g/mol. The molecule has 1 saturated heterocycles. The summed E-state index contributed by atoms with van der Waals surface area (Å²) in [5.74, 6) is 0.500. The zero-order valence-corrected chi connectivity index (χ0v) is 17.7. The van der Waals surface area contributed by atoms with E-state index in [0.717, 1.165) is 12.1 Å². The standard InChI is InChI=1S/C19H24N6O3.CH2O2/c1-12(26)24-8-13-7-14(9-24)18(25-15(13)5-4-6-17(25)27)19(28)22(2)10-16-21-20-11-23(16)3;2-1-3/h4-6,11,13-14,18H,7-10H2,1-3H3;1H,(H,2,3)/t13-,14+,18-;/m1./s1. The van der Waals surface area contributed by atoms with Crippen LogP contribution in [0.2, 0.25) is 0 Å². The first-order valence-electron chi connectivity index (χ1n) is 9.91. The summed E-state index contributed by atoms with van der Waals surface area (Å²) in [4.78, 5) is 49.9. The molecule has 0 aliphatic carbocycles. The molecule has 4 rings (SSSR count). The van der Waals surface area contributed by atoms with Crippen molar-refractivity contribution in [3.8, 4) is 0 Å². The highest BCUT2D eigenvalue weighted by Gasteiger charge is 2.45. The maximum Gasteiger partial charge on any atom is 0.290 e. The predicted molar refractivity (Wildman–Crippen MR) is 109 cm³/mol. The van der Waals surface area contributed by atoms with Crippen LogP contribution in [-0.2, 0) is 28.0 Å². The van der Waals surface area contributed by atoms with E-state index in [2.05, 4.69) is 10.2 Å². The van der Waals surface area contributed by atoms with E-state index in [1.165, 1.54) is 6.07 Å². The lowest BCUT2D eigenvalue weighted by Crippen LogP contribution is -2.54. The number of rotatable bonds is 3. The molecular weight excluding hydrogens is 404 g/mol. The second-order valence-electron chi connectivity index (χ2n) is 7.88. The molecule has 0 radical (unpaired) electrons. The van der Waals surface area contributed by atoms with Gasteiger partial charge in [0.1, 0.15) is 12.4 Å². The Morgan fingerprint density at radius 2 is 2.03 bits per heavy atom. The first-order valence-corrected chi connectivity index (χ1v) is 9.91. The summed E-state index contributed by atoms with van der Waals surface area (Å²) in [5.41, 5.74) is 0.661. The van der Waals surface area contributed by atoms with Gasteiger partial charge in [-0.05, 0) is 12.5 Å². The summed E-state index contributed by atoms with van der Waals surface area (Å²) >= 11 is 0. The first kappa shape index (κ1) is 22.2. The van der Waals surface area contributed by atoms with Crippen LogP contribution < -0.4 is 5.56 Å². The minimum atomic E-state index is -0.625. The predicted octanol–water partition coefficient (Wildman–Crippen LogP) is -0.157. The molecule has 0 spiro atoms. The summed E-state index contributed by atoms with van der Waals surface area (Å²) in [7, 11) is 3.53. The number of carboxylic acid groups (broad SMARTS) is 1. The molecule has 2 amide bonds. The minimum absolute atomic E-state index is 0.0000614. The molecule has 0 saturated carbocycles. The van der Waals surface area contributed by atoms with E-state index in [1.54, 1.807) is 45.3 Å². The Morgan fingerprint density at radius 3 is 2.65 bits per heavy atom. The van der Waals surface area contributed by atoms with Crippen LogP contribution in [0, 0.1) is 5.92 Å². The molecule has 1 fully saturated rings. The summed E-state index contributed by atoms with van der Waals surface area (Å²) in [6.07, 6.45) is 2.38. The molecule has 11 nitrogen and oxygen atoms in total. The highest BCUT2D eigenvalue weighted by molar-refractivity contribution is 5.81. The minimum Gasteiger partial charge on any atom is -0.483 e. The van der Waals surface area contributed by atoms with E-state index in [9.17, 15) is 14.4 Å². The number of hydrogen-bond donors (Lipinski definition) is 1. The number of aromatic nitrogens is 4. The van der Waals surface area contributed by atoms with Crippen LogP contribution in [-0.4, -0.2) is 72.7 Å².